The fourth-order valence-corrected chi connectivity index (χ4v) is 1.07. The number of benzene rings is 2. The van der Waals surface area contributed by atoms with Gasteiger partial charge in [0.2, 0.25) is 0 Å². The van der Waals surface area contributed by atoms with Crippen LogP contribution < -0.4 is 0 Å². The maximum atomic E-state index is 3.56. The molecule has 0 aliphatic rings. The van der Waals surface area contributed by atoms with E-state index in [0.29, 0.717) is 0 Å². The second-order valence-electron chi connectivity index (χ2n) is 4.36. The van der Waals surface area contributed by atoms with Crippen molar-refractivity contribution in [2.45, 2.75) is 20.8 Å². The van der Waals surface area contributed by atoms with Crippen molar-refractivity contribution in [2.75, 3.05) is 0 Å². The second-order valence-corrected chi connectivity index (χ2v) is 4.36. The molecule has 0 radical (unpaired) electrons. The summed E-state index contributed by atoms with van der Waals surface area (Å²) in [6.07, 6.45) is 1.72. The monoisotopic (exact) mass is 252 g/mol. The highest BCUT2D eigenvalue weighted by Crippen LogP contribution is 1.92. The topological polar surface area (TPSA) is 0 Å². The molecular formula is C19H24. The lowest BCUT2D eigenvalue weighted by molar-refractivity contribution is 1.48. The Bertz CT molecular complexity index is 414. The van der Waals surface area contributed by atoms with Gasteiger partial charge in [-0.1, -0.05) is 96.6 Å². The normalized spacial score (nSPS) is 8.16. The van der Waals surface area contributed by atoms with Crippen LogP contribution in [-0.4, -0.2) is 0 Å². The number of rotatable bonds is 1. The maximum absolute atomic E-state index is 3.56. The predicted molar refractivity (Wildman–Crippen MR) is 87.4 cm³/mol. The summed E-state index contributed by atoms with van der Waals surface area (Å²) in [4.78, 5) is 0. The molecule has 0 bridgehead atoms. The highest BCUT2D eigenvalue weighted by Gasteiger charge is 1.72. The van der Waals surface area contributed by atoms with Crippen LogP contribution in [0.15, 0.2) is 85.5 Å². The third-order valence-corrected chi connectivity index (χ3v) is 2.23. The van der Waals surface area contributed by atoms with Crippen molar-refractivity contribution in [2.24, 2.45) is 0 Å². The van der Waals surface area contributed by atoms with Gasteiger partial charge in [-0.3, -0.25) is 0 Å². The molecule has 0 spiro atoms. The van der Waals surface area contributed by atoms with E-state index in [1.165, 1.54) is 11.1 Å². The van der Waals surface area contributed by atoms with Gasteiger partial charge in [-0.2, -0.15) is 0 Å². The summed E-state index contributed by atoms with van der Waals surface area (Å²) in [6.45, 7) is 13.1. The molecule has 2 aromatic carbocycles. The molecule has 2 aromatic rings. The van der Waals surface area contributed by atoms with E-state index < -0.39 is 0 Å². The minimum Gasteiger partial charge on any atom is -0.0988 e. The van der Waals surface area contributed by atoms with Crippen molar-refractivity contribution >= 4 is 0 Å². The van der Waals surface area contributed by atoms with Crippen molar-refractivity contribution in [3.8, 4) is 0 Å². The van der Waals surface area contributed by atoms with Gasteiger partial charge >= 0.3 is 0 Å². The third kappa shape index (κ3) is 12.2. The summed E-state index contributed by atoms with van der Waals surface area (Å²) in [5.41, 5.74) is 3.66. The van der Waals surface area contributed by atoms with Crippen LogP contribution in [0.1, 0.15) is 18.1 Å². The van der Waals surface area contributed by atoms with E-state index in [0.717, 1.165) is 5.57 Å². The molecule has 0 amide bonds. The molecule has 0 aliphatic heterocycles. The molecule has 0 atom stereocenters. The number of hydrogen-bond donors (Lipinski definition) is 0. The van der Waals surface area contributed by atoms with Gasteiger partial charge in [0.15, 0.2) is 0 Å². The van der Waals surface area contributed by atoms with Crippen molar-refractivity contribution in [1.82, 2.24) is 0 Å². The van der Waals surface area contributed by atoms with Crippen LogP contribution in [0.5, 0.6) is 0 Å². The Kier molecular flexibility index (Phi) is 9.83. The average Bonchev–Trinajstić information content (AvgIpc) is 2.42. The lowest BCUT2D eigenvalue weighted by atomic mass is 10.2. The zero-order chi connectivity index (χ0) is 14.5. The average molecular weight is 252 g/mol. The highest BCUT2D eigenvalue weighted by atomic mass is 13.8. The van der Waals surface area contributed by atoms with Gasteiger partial charge in [0.05, 0.1) is 0 Å². The van der Waals surface area contributed by atoms with Gasteiger partial charge in [-0.05, 0) is 20.8 Å². The Labute approximate surface area is 118 Å². The molecule has 0 saturated carbocycles. The van der Waals surface area contributed by atoms with E-state index in [4.69, 9.17) is 0 Å². The molecular weight excluding hydrogens is 228 g/mol. The largest absolute Gasteiger partial charge is 0.0988 e. The summed E-state index contributed by atoms with van der Waals surface area (Å²) in [6, 6.07) is 20.5. The molecule has 0 aromatic heterocycles. The first-order chi connectivity index (χ1) is 9.06. The molecule has 0 aliphatic carbocycles. The Morgan fingerprint density at radius 2 is 1.05 bits per heavy atom. The summed E-state index contributed by atoms with van der Waals surface area (Å²) in [5, 5.41) is 0. The Balaban J connectivity index is 0.000000261. The summed E-state index contributed by atoms with van der Waals surface area (Å²) in [5.74, 6) is 0. The van der Waals surface area contributed by atoms with Gasteiger partial charge < -0.3 is 0 Å². The van der Waals surface area contributed by atoms with E-state index in [2.05, 4.69) is 51.3 Å². The minimum absolute atomic E-state index is 1.02. The molecule has 100 valence electrons. The molecule has 0 unspecified atom stereocenters. The van der Waals surface area contributed by atoms with Crippen LogP contribution in [-0.2, 0) is 0 Å². The number of hydrogen-bond acceptors (Lipinski definition) is 0. The fourth-order valence-electron chi connectivity index (χ4n) is 1.07. The van der Waals surface area contributed by atoms with Crippen LogP contribution in [0.2, 0.25) is 0 Å². The Hall–Kier alpha value is -2.08. The first kappa shape index (κ1) is 16.9. The summed E-state index contributed by atoms with van der Waals surface area (Å²) >= 11 is 0. The Morgan fingerprint density at radius 1 is 0.789 bits per heavy atom. The van der Waals surface area contributed by atoms with Gasteiger partial charge in [0.1, 0.15) is 0 Å². The number of allylic oxidation sites excluding steroid dienone is 2. The molecule has 0 fully saturated rings. The van der Waals surface area contributed by atoms with Crippen LogP contribution in [0.4, 0.5) is 0 Å². The lowest BCUT2D eigenvalue weighted by Gasteiger charge is -1.82. The van der Waals surface area contributed by atoms with Gasteiger partial charge in [-0.15, -0.1) is 0 Å². The fraction of sp³-hybridized carbons (Fsp3) is 0.158. The molecule has 0 N–H and O–H groups in total. The zero-order valence-corrected chi connectivity index (χ0v) is 12.3. The van der Waals surface area contributed by atoms with E-state index in [-0.39, 0.29) is 0 Å². The van der Waals surface area contributed by atoms with Crippen molar-refractivity contribution in [1.29, 1.82) is 0 Å². The standard InChI is InChI=1S/2C7H8.C5H8/c2*1-7-5-3-2-4-6-7;1-4-5(2)3/h2*2-6H,1H3;4H,1-2H2,3H3. The van der Waals surface area contributed by atoms with Crippen molar-refractivity contribution < 1.29 is 0 Å². The van der Waals surface area contributed by atoms with Gasteiger partial charge in [-0.25, -0.2) is 0 Å². The first-order valence-corrected chi connectivity index (χ1v) is 6.37. The summed E-state index contributed by atoms with van der Waals surface area (Å²) < 4.78 is 0. The molecule has 2 rings (SSSR count). The zero-order valence-electron chi connectivity index (χ0n) is 12.3. The van der Waals surface area contributed by atoms with Crippen LogP contribution in [0.25, 0.3) is 0 Å². The SMILES string of the molecule is C=CC(=C)C.Cc1ccccc1.Cc1ccccc1. The van der Waals surface area contributed by atoms with E-state index >= 15 is 0 Å². The number of aryl methyl sites for hydroxylation is 2. The predicted octanol–water partition coefficient (Wildman–Crippen LogP) is 5.74. The smallest absolute Gasteiger partial charge is 0.0398 e. The molecule has 19 heavy (non-hydrogen) atoms. The van der Waals surface area contributed by atoms with Gasteiger partial charge in [0.25, 0.3) is 0 Å². The highest BCUT2D eigenvalue weighted by molar-refractivity contribution is 5.12. The van der Waals surface area contributed by atoms with Crippen LogP contribution in [0, 0.1) is 13.8 Å². The maximum Gasteiger partial charge on any atom is -0.0398 e. The first-order valence-electron chi connectivity index (χ1n) is 6.37. The lowest BCUT2D eigenvalue weighted by Crippen LogP contribution is -1.62. The second kappa shape index (κ2) is 11.0. The van der Waals surface area contributed by atoms with E-state index in [9.17, 15) is 0 Å². The quantitative estimate of drug-likeness (QED) is 0.568. The molecule has 0 saturated heterocycles. The summed E-state index contributed by atoms with van der Waals surface area (Å²) in [7, 11) is 0. The van der Waals surface area contributed by atoms with Crippen molar-refractivity contribution in [3.63, 3.8) is 0 Å². The molecule has 0 nitrogen and oxygen atoms in total. The molecule has 0 heteroatoms. The Morgan fingerprint density at radius 3 is 1.16 bits per heavy atom. The van der Waals surface area contributed by atoms with Crippen LogP contribution >= 0.6 is 0 Å². The van der Waals surface area contributed by atoms with E-state index in [1.807, 2.05) is 43.3 Å². The van der Waals surface area contributed by atoms with Gasteiger partial charge in [0, 0.05) is 0 Å². The third-order valence-electron chi connectivity index (χ3n) is 2.23. The van der Waals surface area contributed by atoms with E-state index in [1.54, 1.807) is 6.08 Å². The van der Waals surface area contributed by atoms with Crippen LogP contribution in [0.3, 0.4) is 0 Å². The molecule has 0 heterocycles. The minimum atomic E-state index is 1.02. The van der Waals surface area contributed by atoms with Crippen molar-refractivity contribution in [3.05, 3.63) is 96.6 Å².